The Labute approximate surface area is 159 Å². The highest BCUT2D eigenvalue weighted by Crippen LogP contribution is 2.22. The van der Waals surface area contributed by atoms with Crippen LogP contribution < -0.4 is 5.32 Å². The number of nitrogens with zero attached hydrogens (tertiary/aromatic N) is 1. The van der Waals surface area contributed by atoms with Gasteiger partial charge in [0.05, 0.1) is 18.9 Å². The van der Waals surface area contributed by atoms with E-state index in [2.05, 4.69) is 29.1 Å². The van der Waals surface area contributed by atoms with Gasteiger partial charge < -0.3 is 14.9 Å². The van der Waals surface area contributed by atoms with Gasteiger partial charge in [0.1, 0.15) is 0 Å². The van der Waals surface area contributed by atoms with Gasteiger partial charge in [0, 0.05) is 5.69 Å². The number of ether oxygens (including phenoxy) is 1. The number of esters is 1. The van der Waals surface area contributed by atoms with Gasteiger partial charge in [-0.1, -0.05) is 49.3 Å². The first-order valence-corrected chi connectivity index (χ1v) is 8.83. The van der Waals surface area contributed by atoms with E-state index in [1.165, 1.54) is 13.3 Å². The first-order valence-electron chi connectivity index (χ1n) is 8.83. The Morgan fingerprint density at radius 2 is 1.67 bits per heavy atom. The zero-order valence-corrected chi connectivity index (χ0v) is 15.8. The number of hydrogen-bond donors (Lipinski definition) is 1. The van der Waals surface area contributed by atoms with Crippen LogP contribution in [0.5, 0.6) is 0 Å². The fraction of sp³-hybridized carbons (Fsp3) is 0.286. The summed E-state index contributed by atoms with van der Waals surface area (Å²) in [6, 6.07) is 12.7. The number of oxime groups is 1. The number of hydrogen-bond acceptors (Lipinski definition) is 5. The zero-order chi connectivity index (χ0) is 19.6. The van der Waals surface area contributed by atoms with Crippen LogP contribution in [-0.2, 0) is 27.2 Å². The number of carbonyl (C=O) groups is 2. The van der Waals surface area contributed by atoms with Crippen molar-refractivity contribution in [1.82, 2.24) is 0 Å². The number of nitrogens with one attached hydrogen (secondary N) is 1. The minimum Gasteiger partial charge on any atom is -0.465 e. The highest BCUT2D eigenvalue weighted by Gasteiger charge is 2.10. The Balaban J connectivity index is 1.89. The molecule has 0 bridgehead atoms. The van der Waals surface area contributed by atoms with Crippen LogP contribution in [0.25, 0.3) is 0 Å². The van der Waals surface area contributed by atoms with E-state index in [0.29, 0.717) is 5.56 Å². The van der Waals surface area contributed by atoms with Gasteiger partial charge in [-0.2, -0.15) is 0 Å². The normalized spacial score (nSPS) is 10.6. The Morgan fingerprint density at radius 1 is 1.04 bits per heavy atom. The Hall–Kier alpha value is -3.15. The maximum atomic E-state index is 12.2. The van der Waals surface area contributed by atoms with Crippen molar-refractivity contribution < 1.29 is 19.2 Å². The predicted octanol–water partition coefficient (Wildman–Crippen LogP) is 3.59. The summed E-state index contributed by atoms with van der Waals surface area (Å²) in [5, 5.41) is 6.72. The summed E-state index contributed by atoms with van der Waals surface area (Å²) in [6.07, 6.45) is 3.15. The van der Waals surface area contributed by atoms with Gasteiger partial charge in [-0.25, -0.2) is 4.79 Å². The summed E-state index contributed by atoms with van der Waals surface area (Å²) in [4.78, 5) is 28.6. The molecule has 6 nitrogen and oxygen atoms in total. The number of anilines is 1. The van der Waals surface area contributed by atoms with E-state index >= 15 is 0 Å². The molecule has 0 heterocycles. The summed E-state index contributed by atoms with van der Waals surface area (Å²) >= 11 is 0. The molecule has 6 heteroatoms. The summed E-state index contributed by atoms with van der Waals surface area (Å²) in [5.74, 6) is -0.658. The predicted molar refractivity (Wildman–Crippen MR) is 105 cm³/mol. The average Bonchev–Trinajstić information content (AvgIpc) is 2.71. The molecule has 0 saturated heterocycles. The molecular formula is C21H24N2O4. The van der Waals surface area contributed by atoms with Crippen molar-refractivity contribution in [2.75, 3.05) is 19.0 Å². The molecule has 0 atom stereocenters. The average molecular weight is 368 g/mol. The number of methoxy groups -OCH3 is 1. The molecule has 2 aromatic carbocycles. The highest BCUT2D eigenvalue weighted by molar-refractivity contribution is 5.93. The van der Waals surface area contributed by atoms with Crippen LogP contribution in [-0.4, -0.2) is 31.8 Å². The highest BCUT2D eigenvalue weighted by atomic mass is 16.6. The quantitative estimate of drug-likeness (QED) is 0.439. The number of carbonyl (C=O) groups excluding carboxylic acids is 2. The number of aryl methyl sites for hydroxylation is 2. The molecule has 0 aliphatic carbocycles. The molecule has 0 aliphatic heterocycles. The van der Waals surface area contributed by atoms with E-state index < -0.39 is 5.97 Å². The molecule has 1 amide bonds. The second-order valence-corrected chi connectivity index (χ2v) is 5.83. The van der Waals surface area contributed by atoms with Gasteiger partial charge in [0.2, 0.25) is 0 Å². The monoisotopic (exact) mass is 368 g/mol. The Bertz CT molecular complexity index is 791. The molecule has 0 radical (unpaired) electrons. The lowest BCUT2D eigenvalue weighted by molar-refractivity contribution is -0.120. The van der Waals surface area contributed by atoms with E-state index in [1.54, 1.807) is 24.3 Å². The molecule has 2 rings (SSSR count). The van der Waals surface area contributed by atoms with Crippen molar-refractivity contribution in [3.05, 3.63) is 64.7 Å². The first-order chi connectivity index (χ1) is 13.1. The van der Waals surface area contributed by atoms with Gasteiger partial charge in [0.25, 0.3) is 5.91 Å². The minimum absolute atomic E-state index is 0.183. The summed E-state index contributed by atoms with van der Waals surface area (Å²) in [7, 11) is 1.33. The molecule has 0 unspecified atom stereocenters. The molecule has 0 saturated carbocycles. The molecule has 0 fully saturated rings. The second kappa shape index (κ2) is 10.1. The number of benzene rings is 2. The first kappa shape index (κ1) is 20.2. The van der Waals surface area contributed by atoms with Gasteiger partial charge >= 0.3 is 5.97 Å². The molecule has 27 heavy (non-hydrogen) atoms. The van der Waals surface area contributed by atoms with E-state index in [1.807, 2.05) is 18.2 Å². The molecular weight excluding hydrogens is 344 g/mol. The maximum absolute atomic E-state index is 12.2. The van der Waals surface area contributed by atoms with Crippen molar-refractivity contribution in [1.29, 1.82) is 0 Å². The van der Waals surface area contributed by atoms with E-state index in [9.17, 15) is 9.59 Å². The fourth-order valence-electron chi connectivity index (χ4n) is 2.60. The lowest BCUT2D eigenvalue weighted by Gasteiger charge is -2.13. The Kier molecular flexibility index (Phi) is 7.55. The van der Waals surface area contributed by atoms with Crippen LogP contribution in [0, 0.1) is 0 Å². The van der Waals surface area contributed by atoms with Crippen molar-refractivity contribution in [3.63, 3.8) is 0 Å². The third-order valence-electron chi connectivity index (χ3n) is 4.07. The molecule has 0 spiro atoms. The molecule has 1 N–H and O–H groups in total. The molecule has 0 aliphatic rings. The van der Waals surface area contributed by atoms with Crippen molar-refractivity contribution in [3.8, 4) is 0 Å². The molecule has 2 aromatic rings. The van der Waals surface area contributed by atoms with E-state index in [4.69, 9.17) is 4.84 Å². The van der Waals surface area contributed by atoms with Crippen LogP contribution in [0.3, 0.4) is 0 Å². The zero-order valence-electron chi connectivity index (χ0n) is 15.8. The van der Waals surface area contributed by atoms with Gasteiger partial charge in [-0.15, -0.1) is 0 Å². The fourth-order valence-corrected chi connectivity index (χ4v) is 2.60. The SMILES string of the molecule is CCc1cccc(CC)c1NC(=O)CO/N=C/c1ccc(C(=O)OC)cc1. The third kappa shape index (κ3) is 5.67. The molecule has 142 valence electrons. The topological polar surface area (TPSA) is 77.0 Å². The largest absolute Gasteiger partial charge is 0.465 e. The van der Waals surface area contributed by atoms with Crippen molar-refractivity contribution >= 4 is 23.8 Å². The number of rotatable bonds is 8. The van der Waals surface area contributed by atoms with E-state index in [-0.39, 0.29) is 12.5 Å². The minimum atomic E-state index is -0.398. The van der Waals surface area contributed by atoms with Gasteiger partial charge in [-0.3, -0.25) is 4.79 Å². The van der Waals surface area contributed by atoms with Crippen LogP contribution >= 0.6 is 0 Å². The lowest BCUT2D eigenvalue weighted by Crippen LogP contribution is -2.19. The van der Waals surface area contributed by atoms with Gasteiger partial charge in [0.15, 0.2) is 6.61 Å². The van der Waals surface area contributed by atoms with Crippen LogP contribution in [0.15, 0.2) is 47.6 Å². The van der Waals surface area contributed by atoms with Crippen molar-refractivity contribution in [2.45, 2.75) is 26.7 Å². The maximum Gasteiger partial charge on any atom is 0.337 e. The van der Waals surface area contributed by atoms with E-state index in [0.717, 1.165) is 35.2 Å². The number of para-hydroxylation sites is 1. The summed E-state index contributed by atoms with van der Waals surface area (Å²) < 4.78 is 4.64. The smallest absolute Gasteiger partial charge is 0.337 e. The van der Waals surface area contributed by atoms with Crippen LogP contribution in [0.1, 0.15) is 40.9 Å². The van der Waals surface area contributed by atoms with Crippen LogP contribution in [0.4, 0.5) is 5.69 Å². The standard InChI is InChI=1S/C21H24N2O4/c1-4-16-7-6-8-17(5-2)20(16)23-19(24)14-27-22-13-15-9-11-18(12-10-15)21(25)26-3/h6-13H,4-5,14H2,1-3H3,(H,23,24)/b22-13+. The summed E-state index contributed by atoms with van der Waals surface area (Å²) in [5.41, 5.74) is 4.25. The third-order valence-corrected chi connectivity index (χ3v) is 4.07. The Morgan fingerprint density at radius 3 is 2.22 bits per heavy atom. The second-order valence-electron chi connectivity index (χ2n) is 5.83. The number of amides is 1. The lowest BCUT2D eigenvalue weighted by atomic mass is 10.0. The van der Waals surface area contributed by atoms with Crippen LogP contribution in [0.2, 0.25) is 0 Å². The van der Waals surface area contributed by atoms with Crippen molar-refractivity contribution in [2.24, 2.45) is 5.16 Å². The van der Waals surface area contributed by atoms with Gasteiger partial charge in [-0.05, 0) is 41.7 Å². The summed E-state index contributed by atoms with van der Waals surface area (Å²) in [6.45, 7) is 3.92. The molecule has 0 aromatic heterocycles.